The minimum Gasteiger partial charge on any atom is -0.462 e. The smallest absolute Gasteiger partial charge is 0.462 e. The number of phosphoric acid groups is 2. The summed E-state index contributed by atoms with van der Waals surface area (Å²) in [7, 11) is -9.91. The minimum absolute atomic E-state index is 0.104. The van der Waals surface area contributed by atoms with E-state index in [2.05, 4.69) is 55.4 Å². The first-order valence-corrected chi connectivity index (χ1v) is 40.3. The first-order chi connectivity index (χ1) is 43.7. The van der Waals surface area contributed by atoms with Crippen LogP contribution in [0.2, 0.25) is 0 Å². The molecule has 540 valence electrons. The number of unbranched alkanes of at least 4 members (excludes halogenated alkanes) is 32. The highest BCUT2D eigenvalue weighted by atomic mass is 31.2. The Kier molecular flexibility index (Phi) is 60.3. The van der Waals surface area contributed by atoms with Crippen molar-refractivity contribution < 1.29 is 80.2 Å². The monoisotopic (exact) mass is 1340 g/mol. The zero-order chi connectivity index (χ0) is 67.5. The molecule has 0 amide bonds. The summed E-state index contributed by atoms with van der Waals surface area (Å²) in [5.41, 5.74) is 0. The van der Waals surface area contributed by atoms with E-state index in [9.17, 15) is 43.2 Å². The van der Waals surface area contributed by atoms with Gasteiger partial charge in [0.2, 0.25) is 0 Å². The van der Waals surface area contributed by atoms with E-state index in [0.29, 0.717) is 25.7 Å². The summed E-state index contributed by atoms with van der Waals surface area (Å²) in [6.45, 7) is 14.1. The molecule has 0 aromatic heterocycles. The molecular formula is C72H140O17P2. The van der Waals surface area contributed by atoms with E-state index in [1.54, 1.807) is 0 Å². The summed E-state index contributed by atoms with van der Waals surface area (Å²) in [5, 5.41) is 10.6. The van der Waals surface area contributed by atoms with Gasteiger partial charge in [-0.15, -0.1) is 0 Å². The quantitative estimate of drug-likeness (QED) is 0.0222. The summed E-state index contributed by atoms with van der Waals surface area (Å²) >= 11 is 0. The van der Waals surface area contributed by atoms with Gasteiger partial charge in [-0.3, -0.25) is 37.3 Å². The summed E-state index contributed by atoms with van der Waals surface area (Å²) in [5.74, 6) is 0.943. The van der Waals surface area contributed by atoms with Crippen LogP contribution in [-0.2, 0) is 65.4 Å². The van der Waals surface area contributed by atoms with Gasteiger partial charge in [0.1, 0.15) is 19.3 Å². The molecule has 0 saturated carbocycles. The lowest BCUT2D eigenvalue weighted by Gasteiger charge is -2.21. The van der Waals surface area contributed by atoms with Crippen LogP contribution >= 0.6 is 15.6 Å². The van der Waals surface area contributed by atoms with Crippen molar-refractivity contribution in [2.45, 2.75) is 375 Å². The fourth-order valence-corrected chi connectivity index (χ4v) is 12.3. The first kappa shape index (κ1) is 89.1. The van der Waals surface area contributed by atoms with Crippen molar-refractivity contribution in [2.75, 3.05) is 39.6 Å². The molecule has 0 radical (unpaired) electrons. The summed E-state index contributed by atoms with van der Waals surface area (Å²) in [4.78, 5) is 72.6. The first-order valence-electron chi connectivity index (χ1n) is 37.3. The molecule has 0 saturated heterocycles. The van der Waals surface area contributed by atoms with Gasteiger partial charge < -0.3 is 33.8 Å². The Hall–Kier alpha value is -1.94. The molecule has 0 heterocycles. The molecule has 0 spiro atoms. The fourth-order valence-electron chi connectivity index (χ4n) is 10.7. The van der Waals surface area contributed by atoms with Crippen LogP contribution < -0.4 is 0 Å². The Morgan fingerprint density at radius 2 is 0.527 bits per heavy atom. The normalized spacial score (nSPS) is 15.1. The second-order valence-corrected chi connectivity index (χ2v) is 30.1. The molecular weight excluding hydrogens is 1200 g/mol. The SMILES string of the molecule is CCC(C)CCCCCCCCCCCCCCCCC(=O)O[C@H](COC(=O)CCCCCCCCC(C)CC)COP(=O)(O)OC[C@H](O)COP(=O)(O)OC[C@@H](COC(=O)CCCCCCCCCCC(C)C)OC(=O)CCCCCCCCCCC(C)CC. The van der Waals surface area contributed by atoms with E-state index >= 15 is 0 Å². The van der Waals surface area contributed by atoms with Gasteiger partial charge in [-0.1, -0.05) is 306 Å². The fraction of sp³-hybridized carbons (Fsp3) is 0.944. The van der Waals surface area contributed by atoms with E-state index in [1.165, 1.54) is 154 Å². The largest absolute Gasteiger partial charge is 0.472 e. The predicted octanol–water partition coefficient (Wildman–Crippen LogP) is 20.5. The number of hydrogen-bond acceptors (Lipinski definition) is 15. The predicted molar refractivity (Wildman–Crippen MR) is 367 cm³/mol. The highest BCUT2D eigenvalue weighted by molar-refractivity contribution is 7.47. The van der Waals surface area contributed by atoms with Gasteiger partial charge in [-0.25, -0.2) is 9.13 Å². The van der Waals surface area contributed by atoms with Crippen molar-refractivity contribution in [1.29, 1.82) is 0 Å². The second kappa shape index (κ2) is 61.6. The zero-order valence-electron chi connectivity index (χ0n) is 59.5. The molecule has 0 aromatic rings. The Labute approximate surface area is 556 Å². The number of carbonyl (C=O) groups excluding carboxylic acids is 4. The standard InChI is InChI=1S/C72H140O17P2/c1-9-63(6)49-41-33-25-18-16-14-12-13-15-17-19-28-38-46-54-71(76)88-68(59-83-70(75)53-45-37-31-30-35-43-51-65(8)11-3)61-87-91(80,81)85-57-66(73)56-84-90(78,79)86-60-67(58-82-69(74)52-44-36-27-22-20-24-32-40-48-62(4)5)89-72(77)55-47-39-29-23-21-26-34-42-50-64(7)10-2/h62-68,73H,9-61H2,1-8H3,(H,78,79)(H,80,81)/t63?,64?,65?,66-,67-,68-/m1/s1. The van der Waals surface area contributed by atoms with Crippen molar-refractivity contribution in [3.63, 3.8) is 0 Å². The van der Waals surface area contributed by atoms with Crippen LogP contribution in [0.4, 0.5) is 0 Å². The van der Waals surface area contributed by atoms with Crippen molar-refractivity contribution in [1.82, 2.24) is 0 Å². The molecule has 0 rings (SSSR count). The zero-order valence-corrected chi connectivity index (χ0v) is 61.3. The number of carbonyl (C=O) groups is 4. The Bertz CT molecular complexity index is 1800. The number of aliphatic hydroxyl groups is 1. The number of hydrogen-bond donors (Lipinski definition) is 3. The highest BCUT2D eigenvalue weighted by Gasteiger charge is 2.30. The van der Waals surface area contributed by atoms with E-state index < -0.39 is 97.5 Å². The summed E-state index contributed by atoms with van der Waals surface area (Å²) < 4.78 is 68.3. The van der Waals surface area contributed by atoms with E-state index in [4.69, 9.17) is 37.0 Å². The van der Waals surface area contributed by atoms with Crippen LogP contribution in [0, 0.1) is 23.7 Å². The van der Waals surface area contributed by atoms with Crippen molar-refractivity contribution >= 4 is 39.5 Å². The molecule has 3 N–H and O–H groups in total. The maximum absolute atomic E-state index is 13.0. The van der Waals surface area contributed by atoms with Crippen molar-refractivity contribution in [2.24, 2.45) is 23.7 Å². The maximum Gasteiger partial charge on any atom is 0.472 e. The lowest BCUT2D eigenvalue weighted by Crippen LogP contribution is -2.30. The van der Waals surface area contributed by atoms with Gasteiger partial charge in [0, 0.05) is 25.7 Å². The molecule has 0 aromatic carbocycles. The third-order valence-electron chi connectivity index (χ3n) is 17.7. The van der Waals surface area contributed by atoms with Gasteiger partial charge in [-0.05, 0) is 49.4 Å². The third-order valence-corrected chi connectivity index (χ3v) is 19.6. The number of esters is 4. The highest BCUT2D eigenvalue weighted by Crippen LogP contribution is 2.45. The average Bonchev–Trinajstić information content (AvgIpc) is 3.62. The molecule has 0 aliphatic rings. The molecule has 19 heteroatoms. The van der Waals surface area contributed by atoms with E-state index in [0.717, 1.165) is 120 Å². The molecule has 5 unspecified atom stereocenters. The molecule has 0 aliphatic heterocycles. The topological polar surface area (TPSA) is 237 Å². The van der Waals surface area contributed by atoms with Crippen LogP contribution in [0.25, 0.3) is 0 Å². The van der Waals surface area contributed by atoms with Gasteiger partial charge in [0.15, 0.2) is 12.2 Å². The summed E-state index contributed by atoms with van der Waals surface area (Å²) in [6, 6.07) is 0. The van der Waals surface area contributed by atoms with E-state index in [1.807, 2.05) is 0 Å². The van der Waals surface area contributed by atoms with Crippen LogP contribution in [0.5, 0.6) is 0 Å². The Morgan fingerprint density at radius 1 is 0.308 bits per heavy atom. The van der Waals surface area contributed by atoms with Crippen LogP contribution in [0.3, 0.4) is 0 Å². The number of ether oxygens (including phenoxy) is 4. The third kappa shape index (κ3) is 62.6. The molecule has 0 fully saturated rings. The van der Waals surface area contributed by atoms with E-state index in [-0.39, 0.29) is 25.7 Å². The molecule has 8 atom stereocenters. The van der Waals surface area contributed by atoms with Crippen LogP contribution in [0.15, 0.2) is 0 Å². The number of aliphatic hydroxyl groups excluding tert-OH is 1. The van der Waals surface area contributed by atoms with Crippen LogP contribution in [0.1, 0.15) is 357 Å². The average molecular weight is 1340 g/mol. The van der Waals surface area contributed by atoms with Crippen molar-refractivity contribution in [3.05, 3.63) is 0 Å². The van der Waals surface area contributed by atoms with Gasteiger partial charge in [0.25, 0.3) is 0 Å². The number of rotatable bonds is 69. The molecule has 91 heavy (non-hydrogen) atoms. The molecule has 0 aliphatic carbocycles. The Morgan fingerprint density at radius 3 is 0.780 bits per heavy atom. The van der Waals surface area contributed by atoms with Crippen molar-refractivity contribution in [3.8, 4) is 0 Å². The van der Waals surface area contributed by atoms with Gasteiger partial charge in [0.05, 0.1) is 26.4 Å². The maximum atomic E-state index is 13.0. The van der Waals surface area contributed by atoms with Gasteiger partial charge in [-0.2, -0.15) is 0 Å². The molecule has 0 bridgehead atoms. The second-order valence-electron chi connectivity index (χ2n) is 27.2. The van der Waals surface area contributed by atoms with Gasteiger partial charge >= 0.3 is 39.5 Å². The number of phosphoric ester groups is 2. The minimum atomic E-state index is -4.95. The lowest BCUT2D eigenvalue weighted by atomic mass is 9.99. The van der Waals surface area contributed by atoms with Crippen LogP contribution in [-0.4, -0.2) is 96.7 Å². The lowest BCUT2D eigenvalue weighted by molar-refractivity contribution is -0.161. The summed E-state index contributed by atoms with van der Waals surface area (Å²) in [6.07, 6.45) is 44.4. The molecule has 17 nitrogen and oxygen atoms in total. The Balaban J connectivity index is 5.24.